The minimum atomic E-state index is -3.24. The van der Waals surface area contributed by atoms with Gasteiger partial charge in [0.25, 0.3) is 0 Å². The van der Waals surface area contributed by atoms with Crippen LogP contribution in [0.1, 0.15) is 5.01 Å². The molecule has 1 aliphatic rings. The fraction of sp³-hybridized carbons (Fsp3) is 0.182. The Morgan fingerprint density at radius 3 is 2.80 bits per heavy atom. The van der Waals surface area contributed by atoms with Gasteiger partial charge in [-0.1, -0.05) is 0 Å². The summed E-state index contributed by atoms with van der Waals surface area (Å²) in [5, 5.41) is 18.5. The predicted molar refractivity (Wildman–Crippen MR) is 77.0 cm³/mol. The zero-order valence-electron chi connectivity index (χ0n) is 9.92. The molecule has 0 saturated carbocycles. The Balaban J connectivity index is 2.09. The molecule has 9 heteroatoms. The molecule has 0 aliphatic carbocycles. The van der Waals surface area contributed by atoms with Gasteiger partial charge in [-0.3, -0.25) is 9.11 Å². The molecule has 106 valence electrons. The van der Waals surface area contributed by atoms with Crippen molar-refractivity contribution in [1.29, 1.82) is 0 Å². The number of fused-ring (bicyclic) bond motifs is 1. The average Bonchev–Trinajstić information content (AvgIpc) is 2.88. The number of nitrogens with zero attached hydrogens (tertiary/aromatic N) is 2. The van der Waals surface area contributed by atoms with Crippen molar-refractivity contribution in [1.82, 2.24) is 4.98 Å². The molecule has 0 radical (unpaired) electrons. The zero-order valence-corrected chi connectivity index (χ0v) is 11.6. The van der Waals surface area contributed by atoms with E-state index < -0.39 is 22.6 Å². The van der Waals surface area contributed by atoms with Crippen LogP contribution in [0.4, 0.5) is 0 Å². The first-order valence-electron chi connectivity index (χ1n) is 5.53. The number of hydrogen-bond donors (Lipinski definition) is 4. The topological polar surface area (TPSA) is 123 Å². The summed E-state index contributed by atoms with van der Waals surface area (Å²) in [6, 6.07) is 3.42. The number of phenolic OH excluding ortho intramolecular Hbond substituents is 1. The monoisotopic (exact) mass is 314 g/mol. The van der Waals surface area contributed by atoms with Crippen molar-refractivity contribution in [2.24, 2.45) is 4.99 Å². The van der Waals surface area contributed by atoms with E-state index >= 15 is 0 Å². The van der Waals surface area contributed by atoms with Gasteiger partial charge in [-0.25, -0.2) is 14.8 Å². The number of carbonyl (C=O) groups is 1. The Bertz CT molecular complexity index is 739. The van der Waals surface area contributed by atoms with E-state index in [1.165, 1.54) is 12.1 Å². The highest BCUT2D eigenvalue weighted by atomic mass is 32.3. The van der Waals surface area contributed by atoms with E-state index in [-0.39, 0.29) is 21.6 Å². The number of carboxylic acids is 1. The average molecular weight is 314 g/mol. The van der Waals surface area contributed by atoms with Crippen molar-refractivity contribution in [2.45, 2.75) is 6.04 Å². The molecule has 1 aromatic heterocycles. The third-order valence-electron chi connectivity index (χ3n) is 2.81. The predicted octanol–water partition coefficient (Wildman–Crippen LogP) is 1.97. The molecule has 7 nitrogen and oxygen atoms in total. The van der Waals surface area contributed by atoms with E-state index in [4.69, 9.17) is 5.11 Å². The number of phenols is 1. The molecule has 2 aromatic rings. The lowest BCUT2D eigenvalue weighted by Crippen LogP contribution is -2.20. The molecule has 0 spiro atoms. The van der Waals surface area contributed by atoms with Gasteiger partial charge in [-0.2, -0.15) is 0 Å². The van der Waals surface area contributed by atoms with Crippen LogP contribution in [-0.4, -0.2) is 47.1 Å². The number of thiazole rings is 1. The summed E-state index contributed by atoms with van der Waals surface area (Å²) >= 11 is 1.13. The van der Waals surface area contributed by atoms with Crippen LogP contribution in [0.2, 0.25) is 0 Å². The Kier molecular flexibility index (Phi) is 2.94. The fourth-order valence-corrected chi connectivity index (χ4v) is 4.74. The highest BCUT2D eigenvalue weighted by Crippen LogP contribution is 2.49. The molecule has 1 aliphatic heterocycles. The Morgan fingerprint density at radius 2 is 2.15 bits per heavy atom. The maximum Gasteiger partial charge on any atom is 0.330 e. The fourth-order valence-electron chi connectivity index (χ4n) is 1.89. The van der Waals surface area contributed by atoms with Crippen molar-refractivity contribution in [3.8, 4) is 5.75 Å². The Labute approximate surface area is 118 Å². The number of benzene rings is 1. The summed E-state index contributed by atoms with van der Waals surface area (Å²) in [7, 11) is -3.24. The second-order valence-corrected chi connectivity index (χ2v) is 7.38. The quantitative estimate of drug-likeness (QED) is 0.672. The highest BCUT2D eigenvalue weighted by molar-refractivity contribution is 8.37. The van der Waals surface area contributed by atoms with E-state index in [9.17, 15) is 19.0 Å². The van der Waals surface area contributed by atoms with Gasteiger partial charge in [0.2, 0.25) is 0 Å². The number of aliphatic imine (C=N–C) groups is 1. The van der Waals surface area contributed by atoms with E-state index in [2.05, 4.69) is 9.98 Å². The Morgan fingerprint density at radius 1 is 1.40 bits per heavy atom. The van der Waals surface area contributed by atoms with Gasteiger partial charge in [-0.15, -0.1) is 21.9 Å². The molecule has 20 heavy (non-hydrogen) atoms. The van der Waals surface area contributed by atoms with Crippen molar-refractivity contribution in [2.75, 3.05) is 5.75 Å². The van der Waals surface area contributed by atoms with E-state index in [0.29, 0.717) is 10.2 Å². The first-order chi connectivity index (χ1) is 9.37. The van der Waals surface area contributed by atoms with Gasteiger partial charge in [0.15, 0.2) is 16.1 Å². The summed E-state index contributed by atoms with van der Waals surface area (Å²) in [6.07, 6.45) is 0. The second kappa shape index (κ2) is 4.42. The van der Waals surface area contributed by atoms with E-state index in [1.54, 1.807) is 6.07 Å². The largest absolute Gasteiger partial charge is 0.508 e. The SMILES string of the molecule is O=C(O)[C@H]1CS(O)(O)C(c2nc3ccc(O)cc3s2)=N1. The first kappa shape index (κ1) is 13.3. The molecule has 4 N–H and O–H groups in total. The molecule has 0 bridgehead atoms. The highest BCUT2D eigenvalue weighted by Gasteiger charge is 2.38. The normalized spacial score (nSPS) is 22.7. The van der Waals surface area contributed by atoms with Gasteiger partial charge in [0.1, 0.15) is 5.75 Å². The third-order valence-corrected chi connectivity index (χ3v) is 5.67. The number of carboxylic acid groups (broad SMARTS) is 1. The number of aromatic nitrogens is 1. The van der Waals surface area contributed by atoms with Crippen LogP contribution in [-0.2, 0) is 4.79 Å². The van der Waals surface area contributed by atoms with Crippen LogP contribution in [0.25, 0.3) is 10.2 Å². The molecule has 0 saturated heterocycles. The number of rotatable bonds is 2. The number of aliphatic carboxylic acids is 1. The van der Waals surface area contributed by atoms with Crippen molar-refractivity contribution < 1.29 is 24.1 Å². The van der Waals surface area contributed by atoms with Gasteiger partial charge in [0, 0.05) is 0 Å². The van der Waals surface area contributed by atoms with Crippen molar-refractivity contribution in [3.63, 3.8) is 0 Å². The molecular weight excluding hydrogens is 304 g/mol. The Hall–Kier alpha value is -1.68. The summed E-state index contributed by atoms with van der Waals surface area (Å²) in [6.45, 7) is 0. The molecule has 1 atom stereocenters. The summed E-state index contributed by atoms with van der Waals surface area (Å²) in [5.74, 6) is -1.44. The van der Waals surface area contributed by atoms with Crippen LogP contribution in [0.15, 0.2) is 23.2 Å². The van der Waals surface area contributed by atoms with Crippen LogP contribution >= 0.6 is 21.9 Å². The molecule has 0 unspecified atom stereocenters. The maximum absolute atomic E-state index is 10.9. The zero-order chi connectivity index (χ0) is 14.5. The number of aromatic hydroxyl groups is 1. The lowest BCUT2D eigenvalue weighted by molar-refractivity contribution is -0.137. The molecule has 0 amide bonds. The molecule has 0 fully saturated rings. The van der Waals surface area contributed by atoms with Crippen LogP contribution in [0.3, 0.4) is 0 Å². The minimum absolute atomic E-state index is 0.0643. The van der Waals surface area contributed by atoms with Gasteiger partial charge >= 0.3 is 5.97 Å². The second-order valence-electron chi connectivity index (χ2n) is 4.29. The molecular formula is C11H10N2O5S2. The van der Waals surface area contributed by atoms with Crippen molar-refractivity contribution in [3.05, 3.63) is 23.2 Å². The maximum atomic E-state index is 10.9. The van der Waals surface area contributed by atoms with Gasteiger partial charge in [-0.05, 0) is 18.2 Å². The van der Waals surface area contributed by atoms with Crippen LogP contribution < -0.4 is 0 Å². The third kappa shape index (κ3) is 2.14. The molecule has 3 rings (SSSR count). The van der Waals surface area contributed by atoms with Gasteiger partial charge < -0.3 is 10.2 Å². The van der Waals surface area contributed by atoms with E-state index in [1.807, 2.05) is 0 Å². The minimum Gasteiger partial charge on any atom is -0.508 e. The lowest BCUT2D eigenvalue weighted by Gasteiger charge is -2.26. The summed E-state index contributed by atoms with van der Waals surface area (Å²) in [4.78, 5) is 19.0. The molecule has 2 heterocycles. The summed E-state index contributed by atoms with van der Waals surface area (Å²) in [5.41, 5.74) is 0.583. The summed E-state index contributed by atoms with van der Waals surface area (Å²) < 4.78 is 20.6. The van der Waals surface area contributed by atoms with Gasteiger partial charge in [0.05, 0.1) is 16.0 Å². The van der Waals surface area contributed by atoms with E-state index in [0.717, 1.165) is 11.3 Å². The first-order valence-corrected chi connectivity index (χ1v) is 8.06. The smallest absolute Gasteiger partial charge is 0.330 e. The molecule has 1 aromatic carbocycles. The standard InChI is InChI=1S/C11H10N2O5S2/c14-5-1-2-6-8(3-5)19-9(12-6)10-13-7(11(15)16)4-20(10,17)18/h1-3,7,14,17-18H,4H2,(H,15,16)/t7-/m1/s1. The lowest BCUT2D eigenvalue weighted by atomic mass is 10.3. The number of hydrogen-bond acceptors (Lipinski definition) is 7. The van der Waals surface area contributed by atoms with Crippen LogP contribution in [0, 0.1) is 0 Å². The van der Waals surface area contributed by atoms with Crippen LogP contribution in [0.5, 0.6) is 5.75 Å². The van der Waals surface area contributed by atoms with Crippen molar-refractivity contribution >= 4 is 43.2 Å².